The number of hydrogen-bond donors (Lipinski definition) is 1. The van der Waals surface area contributed by atoms with Crippen LogP contribution < -0.4 is 19.5 Å². The van der Waals surface area contributed by atoms with Gasteiger partial charge in [-0.2, -0.15) is 0 Å². The second-order valence-corrected chi connectivity index (χ2v) is 7.24. The minimum absolute atomic E-state index is 0.00427. The van der Waals surface area contributed by atoms with Crippen molar-refractivity contribution in [3.63, 3.8) is 0 Å². The molecule has 170 valence electrons. The van der Waals surface area contributed by atoms with Crippen LogP contribution in [-0.2, 0) is 9.53 Å². The van der Waals surface area contributed by atoms with Crippen LogP contribution in [0.15, 0.2) is 53.7 Å². The molecule has 0 aliphatic carbocycles. The Balaban J connectivity index is 2.11. The summed E-state index contributed by atoms with van der Waals surface area (Å²) in [5, 5.41) is 2.87. The van der Waals surface area contributed by atoms with E-state index in [0.29, 0.717) is 28.5 Å². The molecule has 1 aliphatic heterocycles. The molecule has 8 heteroatoms. The van der Waals surface area contributed by atoms with Gasteiger partial charge in [0.2, 0.25) is 0 Å². The first-order valence-corrected chi connectivity index (χ1v) is 10.2. The third kappa shape index (κ3) is 4.80. The quantitative estimate of drug-likeness (QED) is 0.631. The van der Waals surface area contributed by atoms with Crippen LogP contribution in [0, 0.1) is 6.92 Å². The molecule has 1 N–H and O–H groups in total. The smallest absolute Gasteiger partial charge is 0.338 e. The van der Waals surface area contributed by atoms with Crippen LogP contribution in [0.5, 0.6) is 17.2 Å². The number of amides is 2. The molecule has 32 heavy (non-hydrogen) atoms. The minimum atomic E-state index is -0.807. The predicted octanol–water partition coefficient (Wildman–Crippen LogP) is 3.60. The van der Waals surface area contributed by atoms with Gasteiger partial charge in [0.15, 0.2) is 0 Å². The molecule has 0 bridgehead atoms. The molecule has 2 aromatic rings. The standard InChI is InChI=1S/C24H28N2O6/c1-6-31-23(27)21-19(14-32-17-9-7-8-15(2)12-17)26(3)24(28)25-22(21)18-13-16(29-4)10-11-20(18)30-5/h7-13,22H,6,14H2,1-5H3,(H,25,28). The monoisotopic (exact) mass is 440 g/mol. The number of urea groups is 1. The van der Waals surface area contributed by atoms with Gasteiger partial charge in [0, 0.05) is 12.6 Å². The van der Waals surface area contributed by atoms with Crippen molar-refractivity contribution in [2.24, 2.45) is 0 Å². The Bertz CT molecular complexity index is 1030. The lowest BCUT2D eigenvalue weighted by Gasteiger charge is -2.35. The zero-order valence-corrected chi connectivity index (χ0v) is 18.9. The summed E-state index contributed by atoms with van der Waals surface area (Å²) >= 11 is 0. The molecule has 0 aromatic heterocycles. The number of rotatable bonds is 8. The summed E-state index contributed by atoms with van der Waals surface area (Å²) in [6.45, 7) is 3.88. The Kier molecular flexibility index (Phi) is 7.25. The molecule has 0 fully saturated rings. The van der Waals surface area contributed by atoms with Crippen molar-refractivity contribution < 1.29 is 28.5 Å². The first kappa shape index (κ1) is 23.0. The van der Waals surface area contributed by atoms with E-state index >= 15 is 0 Å². The molecule has 2 amide bonds. The lowest BCUT2D eigenvalue weighted by Crippen LogP contribution is -2.48. The van der Waals surface area contributed by atoms with Crippen molar-refractivity contribution >= 4 is 12.0 Å². The number of ether oxygens (including phenoxy) is 4. The van der Waals surface area contributed by atoms with E-state index < -0.39 is 12.0 Å². The molecule has 1 atom stereocenters. The summed E-state index contributed by atoms with van der Waals surface area (Å²) in [7, 11) is 4.65. The van der Waals surface area contributed by atoms with Gasteiger partial charge >= 0.3 is 12.0 Å². The van der Waals surface area contributed by atoms with E-state index in [1.807, 2.05) is 31.2 Å². The van der Waals surface area contributed by atoms with Crippen LogP contribution in [0.2, 0.25) is 0 Å². The number of benzene rings is 2. The van der Waals surface area contributed by atoms with Gasteiger partial charge in [-0.25, -0.2) is 9.59 Å². The molecule has 1 aliphatic rings. The molecular weight excluding hydrogens is 412 g/mol. The number of carbonyl (C=O) groups is 2. The molecule has 0 saturated heterocycles. The SMILES string of the molecule is CCOC(=O)C1=C(COc2cccc(C)c2)N(C)C(=O)NC1c1cc(OC)ccc1OC. The highest BCUT2D eigenvalue weighted by molar-refractivity contribution is 5.95. The lowest BCUT2D eigenvalue weighted by atomic mass is 9.93. The fourth-order valence-corrected chi connectivity index (χ4v) is 3.54. The van der Waals surface area contributed by atoms with E-state index in [9.17, 15) is 9.59 Å². The highest BCUT2D eigenvalue weighted by atomic mass is 16.5. The van der Waals surface area contributed by atoms with Crippen LogP contribution in [0.25, 0.3) is 0 Å². The number of nitrogens with one attached hydrogen (secondary N) is 1. The number of nitrogens with zero attached hydrogens (tertiary/aromatic N) is 1. The van der Waals surface area contributed by atoms with Crippen molar-refractivity contribution in [1.29, 1.82) is 0 Å². The molecule has 0 radical (unpaired) electrons. The van der Waals surface area contributed by atoms with E-state index in [1.54, 1.807) is 39.3 Å². The fraction of sp³-hybridized carbons (Fsp3) is 0.333. The molecule has 3 rings (SSSR count). The van der Waals surface area contributed by atoms with Gasteiger partial charge < -0.3 is 24.3 Å². The average molecular weight is 440 g/mol. The molecule has 1 unspecified atom stereocenters. The number of likely N-dealkylation sites (N-methyl/N-ethyl adjacent to an activating group) is 1. The maximum absolute atomic E-state index is 13.1. The summed E-state index contributed by atoms with van der Waals surface area (Å²) in [5.41, 5.74) is 2.29. The second-order valence-electron chi connectivity index (χ2n) is 7.24. The van der Waals surface area contributed by atoms with Gasteiger partial charge in [0.05, 0.1) is 38.1 Å². The van der Waals surface area contributed by atoms with Gasteiger partial charge in [-0.05, 0) is 49.7 Å². The van der Waals surface area contributed by atoms with Gasteiger partial charge in [-0.15, -0.1) is 0 Å². The van der Waals surface area contributed by atoms with Crippen molar-refractivity contribution in [1.82, 2.24) is 10.2 Å². The average Bonchev–Trinajstić information content (AvgIpc) is 2.79. The second kappa shape index (κ2) is 10.1. The van der Waals surface area contributed by atoms with Crippen molar-refractivity contribution in [2.45, 2.75) is 19.9 Å². The number of carbonyl (C=O) groups excluding carboxylic acids is 2. The Hall–Kier alpha value is -3.68. The summed E-state index contributed by atoms with van der Waals surface area (Å²) in [6.07, 6.45) is 0. The van der Waals surface area contributed by atoms with Crippen LogP contribution in [0.1, 0.15) is 24.1 Å². The van der Waals surface area contributed by atoms with Crippen LogP contribution >= 0.6 is 0 Å². The summed E-state index contributed by atoms with van der Waals surface area (Å²) in [4.78, 5) is 27.3. The van der Waals surface area contributed by atoms with E-state index in [4.69, 9.17) is 18.9 Å². The van der Waals surface area contributed by atoms with Crippen molar-refractivity contribution in [3.05, 3.63) is 64.9 Å². The van der Waals surface area contributed by atoms with Crippen LogP contribution in [-0.4, -0.2) is 51.4 Å². The third-order valence-corrected chi connectivity index (χ3v) is 5.19. The van der Waals surface area contributed by atoms with E-state index in [0.717, 1.165) is 5.56 Å². The largest absolute Gasteiger partial charge is 0.497 e. The fourth-order valence-electron chi connectivity index (χ4n) is 3.54. The highest BCUT2D eigenvalue weighted by Gasteiger charge is 2.38. The zero-order chi connectivity index (χ0) is 23.3. The Labute approximate surface area is 187 Å². The van der Waals surface area contributed by atoms with Crippen molar-refractivity contribution in [3.8, 4) is 17.2 Å². The lowest BCUT2D eigenvalue weighted by molar-refractivity contribution is -0.139. The first-order chi connectivity index (χ1) is 15.4. The van der Waals surface area contributed by atoms with Crippen LogP contribution in [0.3, 0.4) is 0 Å². The number of aryl methyl sites for hydroxylation is 1. The Morgan fingerprint density at radius 2 is 1.88 bits per heavy atom. The summed E-state index contributed by atoms with van der Waals surface area (Å²) in [6, 6.07) is 11.6. The van der Waals surface area contributed by atoms with Gasteiger partial charge in [-0.1, -0.05) is 12.1 Å². The molecule has 0 saturated carbocycles. The van der Waals surface area contributed by atoms with Gasteiger partial charge in [-0.3, -0.25) is 4.90 Å². The van der Waals surface area contributed by atoms with E-state index in [-0.39, 0.29) is 24.8 Å². The number of methoxy groups -OCH3 is 2. The molecule has 2 aromatic carbocycles. The highest BCUT2D eigenvalue weighted by Crippen LogP contribution is 2.37. The topological polar surface area (TPSA) is 86.3 Å². The number of hydrogen-bond acceptors (Lipinski definition) is 6. The maximum atomic E-state index is 13.1. The number of esters is 1. The predicted molar refractivity (Wildman–Crippen MR) is 119 cm³/mol. The van der Waals surface area contributed by atoms with Crippen molar-refractivity contribution in [2.75, 3.05) is 34.5 Å². The van der Waals surface area contributed by atoms with E-state index in [1.165, 1.54) is 12.0 Å². The van der Waals surface area contributed by atoms with Gasteiger partial charge in [0.25, 0.3) is 0 Å². The van der Waals surface area contributed by atoms with Crippen LogP contribution in [0.4, 0.5) is 4.79 Å². The normalized spacial score (nSPS) is 15.8. The molecule has 1 heterocycles. The molecule has 8 nitrogen and oxygen atoms in total. The summed E-state index contributed by atoms with van der Waals surface area (Å²) in [5.74, 6) is 1.16. The summed E-state index contributed by atoms with van der Waals surface area (Å²) < 4.78 is 22.1. The Morgan fingerprint density at radius 1 is 1.09 bits per heavy atom. The maximum Gasteiger partial charge on any atom is 0.338 e. The minimum Gasteiger partial charge on any atom is -0.497 e. The van der Waals surface area contributed by atoms with E-state index in [2.05, 4.69) is 5.32 Å². The zero-order valence-electron chi connectivity index (χ0n) is 18.9. The molecular formula is C24H28N2O6. The Morgan fingerprint density at radius 3 is 2.53 bits per heavy atom. The first-order valence-electron chi connectivity index (χ1n) is 10.2. The molecule has 0 spiro atoms. The van der Waals surface area contributed by atoms with Gasteiger partial charge in [0.1, 0.15) is 23.9 Å². The third-order valence-electron chi connectivity index (χ3n) is 5.19.